The van der Waals surface area contributed by atoms with Crippen molar-refractivity contribution in [2.24, 2.45) is 0 Å². The Kier molecular flexibility index (Phi) is 7.74. The highest BCUT2D eigenvalue weighted by atomic mass is 32.7. The summed E-state index contributed by atoms with van der Waals surface area (Å²) >= 11 is 8.70. The molecule has 1 saturated carbocycles. The predicted molar refractivity (Wildman–Crippen MR) is 162 cm³/mol. The van der Waals surface area contributed by atoms with Gasteiger partial charge < -0.3 is 25.8 Å². The molecule has 11 atom stereocenters. The molecule has 0 radical (unpaired) electrons. The molecule has 0 spiro atoms. The Bertz CT molecular complexity index is 1960. The highest BCUT2D eigenvalue weighted by Gasteiger charge is 2.82. The van der Waals surface area contributed by atoms with Crippen LogP contribution in [0.15, 0.2) is 23.8 Å². The number of fused-ring (bicyclic) bond motifs is 3. The van der Waals surface area contributed by atoms with Crippen molar-refractivity contribution in [2.45, 2.75) is 53.1 Å². The number of hydrogen-bond donors (Lipinski definition) is 6. The minimum absolute atomic E-state index is 0.0233. The zero-order chi connectivity index (χ0) is 32.0. The van der Waals surface area contributed by atoms with Gasteiger partial charge in [0.05, 0.1) is 24.5 Å². The second-order valence-corrected chi connectivity index (χ2v) is 16.2. The molecule has 4 aromatic heterocycles. The van der Waals surface area contributed by atoms with Gasteiger partial charge in [0.25, 0.3) is 5.56 Å². The highest BCUT2D eigenvalue weighted by molar-refractivity contribution is 8.44. The van der Waals surface area contributed by atoms with Gasteiger partial charge in [0.15, 0.2) is 40.6 Å². The first-order chi connectivity index (χ1) is 21.4. The van der Waals surface area contributed by atoms with Crippen LogP contribution in [0.4, 0.5) is 20.5 Å². The van der Waals surface area contributed by atoms with Gasteiger partial charge in [0.2, 0.25) is 13.2 Å². The summed E-state index contributed by atoms with van der Waals surface area (Å²) in [5.41, 5.74) is 8.99. The maximum absolute atomic E-state index is 16.2. The third kappa shape index (κ3) is 4.99. The lowest BCUT2D eigenvalue weighted by atomic mass is 10.1. The SMILES string of the molecule is Nc1nc2c(ncn2[C@@H]2S[C@H](CO)[C@@H](F)[C@H]2OP(=O)(S)OC2[C@H]3O[C@@H](n4cnc5c(N)ncnc54)[C@@H](F)[C@@]23O[PH](=O)S)c(=O)[nH]1. The molecule has 3 unspecified atom stereocenters. The van der Waals surface area contributed by atoms with Crippen molar-refractivity contribution >= 4 is 84.4 Å². The monoisotopic (exact) mass is 726 g/mol. The number of alkyl halides is 2. The molecule has 4 aromatic rings. The molecule has 3 aliphatic rings. The van der Waals surface area contributed by atoms with Gasteiger partial charge in [-0.25, -0.2) is 33.3 Å². The maximum Gasteiger partial charge on any atom is 0.387 e. The number of thioether (sulfide) groups is 1. The first-order valence-corrected chi connectivity index (χ1v) is 19.1. The number of imidazole rings is 2. The van der Waals surface area contributed by atoms with E-state index < -0.39 is 79.3 Å². The first-order valence-electron chi connectivity index (χ1n) is 12.8. The van der Waals surface area contributed by atoms with E-state index in [0.717, 1.165) is 18.1 Å². The molecule has 45 heavy (non-hydrogen) atoms. The van der Waals surface area contributed by atoms with Crippen LogP contribution in [0.3, 0.4) is 0 Å². The number of ether oxygens (including phenoxy) is 1. The molecule has 2 aliphatic heterocycles. The topological polar surface area (TPSA) is 250 Å². The quantitative estimate of drug-likeness (QED) is 0.105. The Morgan fingerprint density at radius 2 is 1.91 bits per heavy atom. The number of H-pyrrole nitrogens is 1. The van der Waals surface area contributed by atoms with Crippen molar-refractivity contribution in [3.8, 4) is 0 Å². The van der Waals surface area contributed by atoms with Crippen LogP contribution < -0.4 is 17.0 Å². The highest BCUT2D eigenvalue weighted by Crippen LogP contribution is 2.69. The molecule has 6 heterocycles. The average molecular weight is 727 g/mol. The van der Waals surface area contributed by atoms with Crippen molar-refractivity contribution < 1.29 is 41.3 Å². The standard InChI is InChI=1S/C20H22F2N10O8P2S3/c21-6-5(1-33)45-18(32-4-28-8-15(32)29-19(24)30-16(8)34)9(6)38-42(36,44)39-12-11-20(12,40-41(35)43)10(22)17(37-11)31-3-27-7-13(23)25-2-26-14(7)31/h2-6,9-12,17-18,33,41H,1H2,(H,35,43)(H,36,44)(H2,23,25,26)(H3,24,29,30,34)/t5-,6-,9-,10-,11-,12?,17-,18-,20+,42?/m1/s1. The molecule has 3 fully saturated rings. The van der Waals surface area contributed by atoms with Crippen molar-refractivity contribution in [1.29, 1.82) is 0 Å². The van der Waals surface area contributed by atoms with E-state index in [9.17, 15) is 19.0 Å². The fourth-order valence-electron chi connectivity index (χ4n) is 5.61. The molecule has 6 N–H and O–H groups in total. The number of nitrogens with two attached hydrogens (primary N) is 2. The first kappa shape index (κ1) is 31.3. The zero-order valence-electron chi connectivity index (χ0n) is 22.2. The molecule has 0 aromatic carbocycles. The van der Waals surface area contributed by atoms with E-state index in [1.165, 1.54) is 21.8 Å². The van der Waals surface area contributed by atoms with Crippen molar-refractivity contribution in [3.05, 3.63) is 29.3 Å². The zero-order valence-corrected chi connectivity index (χ0v) is 26.7. The van der Waals surface area contributed by atoms with Crippen molar-refractivity contribution in [1.82, 2.24) is 39.0 Å². The van der Waals surface area contributed by atoms with Crippen LogP contribution in [0.1, 0.15) is 11.6 Å². The second kappa shape index (κ2) is 11.1. The third-order valence-electron chi connectivity index (χ3n) is 7.62. The van der Waals surface area contributed by atoms with E-state index in [0.29, 0.717) is 0 Å². The van der Waals surface area contributed by atoms with Crippen molar-refractivity contribution in [2.75, 3.05) is 18.1 Å². The number of aromatic amines is 1. The third-order valence-corrected chi connectivity index (χ3v) is 11.5. The summed E-state index contributed by atoms with van der Waals surface area (Å²) < 4.78 is 82.4. The van der Waals surface area contributed by atoms with Crippen LogP contribution in [-0.2, 0) is 27.4 Å². The Labute approximate surface area is 264 Å². The summed E-state index contributed by atoms with van der Waals surface area (Å²) in [6.45, 7) is -5.23. The molecular formula is C20H22F2N10O8P2S3. The summed E-state index contributed by atoms with van der Waals surface area (Å²) in [7, 11) is -3.13. The second-order valence-electron chi connectivity index (χ2n) is 10.2. The molecule has 0 bridgehead atoms. The lowest BCUT2D eigenvalue weighted by Gasteiger charge is -2.27. The van der Waals surface area contributed by atoms with Gasteiger partial charge in [-0.05, 0) is 0 Å². The molecule has 2 saturated heterocycles. The number of hydrogen-bond acceptors (Lipinski definition) is 16. The Morgan fingerprint density at radius 1 is 1.18 bits per heavy atom. The van der Waals surface area contributed by atoms with E-state index >= 15 is 8.78 Å². The molecule has 0 amide bonds. The van der Waals surface area contributed by atoms with E-state index in [-0.39, 0.29) is 34.1 Å². The molecule has 18 nitrogen and oxygen atoms in total. The Hall–Kier alpha value is -2.33. The van der Waals surface area contributed by atoms with Crippen molar-refractivity contribution in [3.63, 3.8) is 0 Å². The van der Waals surface area contributed by atoms with Gasteiger partial charge in [-0.2, -0.15) is 4.98 Å². The molecule has 242 valence electrons. The number of thiol groups is 2. The van der Waals surface area contributed by atoms with Crippen LogP contribution in [0.25, 0.3) is 22.3 Å². The maximum atomic E-state index is 16.2. The van der Waals surface area contributed by atoms with E-state index in [1.54, 1.807) is 0 Å². The summed E-state index contributed by atoms with van der Waals surface area (Å²) in [5.74, 6) is -0.188. The van der Waals surface area contributed by atoms with E-state index in [2.05, 4.69) is 54.4 Å². The fraction of sp³-hybridized carbons (Fsp3) is 0.500. The fourth-order valence-corrected chi connectivity index (χ4v) is 9.99. The van der Waals surface area contributed by atoms with Gasteiger partial charge in [-0.3, -0.25) is 32.5 Å². The van der Waals surface area contributed by atoms with Crippen LogP contribution in [0, 0.1) is 0 Å². The van der Waals surface area contributed by atoms with Gasteiger partial charge in [-0.1, -0.05) is 24.5 Å². The van der Waals surface area contributed by atoms with Crippen LogP contribution >= 0.6 is 50.3 Å². The minimum atomic E-state index is -4.61. The minimum Gasteiger partial charge on any atom is -0.395 e. The molecule has 7 rings (SSSR count). The van der Waals surface area contributed by atoms with Crippen LogP contribution in [0.5, 0.6) is 0 Å². The summed E-state index contributed by atoms with van der Waals surface area (Å²) in [4.78, 5) is 34.6. The number of aliphatic hydroxyl groups is 1. The smallest absolute Gasteiger partial charge is 0.387 e. The number of halogens is 2. The van der Waals surface area contributed by atoms with Gasteiger partial charge >= 0.3 is 6.80 Å². The lowest BCUT2D eigenvalue weighted by molar-refractivity contribution is -0.0533. The number of nitrogens with one attached hydrogen (secondary N) is 1. The summed E-state index contributed by atoms with van der Waals surface area (Å²) in [6, 6.07) is 0. The van der Waals surface area contributed by atoms with Crippen LogP contribution in [-0.4, -0.2) is 92.3 Å². The summed E-state index contributed by atoms with van der Waals surface area (Å²) in [6.07, 6.45) is -6.22. The number of aliphatic hydroxyl groups excluding tert-OH is 1. The van der Waals surface area contributed by atoms with Gasteiger partial charge in [0, 0.05) is 0 Å². The van der Waals surface area contributed by atoms with E-state index in [4.69, 9.17) is 29.8 Å². The lowest BCUT2D eigenvalue weighted by Crippen LogP contribution is -2.35. The summed E-state index contributed by atoms with van der Waals surface area (Å²) in [5, 5.41) is 7.64. The Balaban J connectivity index is 1.15. The number of nitrogens with zero attached hydrogens (tertiary/aromatic N) is 7. The largest absolute Gasteiger partial charge is 0.395 e. The number of aromatic nitrogens is 8. The normalized spacial score (nSPS) is 34.7. The predicted octanol–water partition coefficient (Wildman–Crippen LogP) is 1.20. The number of nitrogen functional groups attached to an aromatic ring is 2. The van der Waals surface area contributed by atoms with E-state index in [1.807, 2.05) is 0 Å². The van der Waals surface area contributed by atoms with Crippen LogP contribution in [0.2, 0.25) is 0 Å². The average Bonchev–Trinajstić information content (AvgIpc) is 3.47. The molecular weight excluding hydrogens is 704 g/mol. The number of rotatable bonds is 9. The number of anilines is 2. The van der Waals surface area contributed by atoms with Gasteiger partial charge in [-0.15, -0.1) is 11.8 Å². The van der Waals surface area contributed by atoms with Gasteiger partial charge in [0.1, 0.15) is 41.7 Å². The Morgan fingerprint density at radius 3 is 2.64 bits per heavy atom. The molecule has 1 aliphatic carbocycles. The molecule has 25 heteroatoms.